The Balaban J connectivity index is 1.25. The number of para-hydroxylation sites is 1. The minimum absolute atomic E-state index is 0.0829. The zero-order valence-electron chi connectivity index (χ0n) is 18.0. The fourth-order valence-electron chi connectivity index (χ4n) is 4.36. The molecule has 0 bridgehead atoms. The Morgan fingerprint density at radius 1 is 0.938 bits per heavy atom. The van der Waals surface area contributed by atoms with Crippen LogP contribution in [0.15, 0.2) is 60.8 Å². The molecule has 7 nitrogen and oxygen atoms in total. The van der Waals surface area contributed by atoms with Gasteiger partial charge in [-0.2, -0.15) is 5.10 Å². The van der Waals surface area contributed by atoms with Crippen LogP contribution >= 0.6 is 0 Å². The number of hydrogen-bond acceptors (Lipinski definition) is 4. The van der Waals surface area contributed by atoms with Gasteiger partial charge in [-0.15, -0.1) is 0 Å². The van der Waals surface area contributed by atoms with Crippen LogP contribution in [0.3, 0.4) is 0 Å². The standard InChI is InChI=1S/C25H27N5O2/c26-24(31)20-8-6-18(7-9-20)17-28-12-14-29(15-13-28)25(32)22-16-27-30(23(22)19-10-11-19)21-4-2-1-3-5-21/h1-9,16,19H,10-15,17H2,(H2,26,31). The quantitative estimate of drug-likeness (QED) is 0.653. The first-order valence-electron chi connectivity index (χ1n) is 11.1. The first-order chi connectivity index (χ1) is 15.6. The van der Waals surface area contributed by atoms with E-state index in [1.807, 2.05) is 52.0 Å². The third kappa shape index (κ3) is 4.16. The normalized spacial score (nSPS) is 16.8. The summed E-state index contributed by atoms with van der Waals surface area (Å²) < 4.78 is 1.94. The molecular weight excluding hydrogens is 402 g/mol. The van der Waals surface area contributed by atoms with E-state index in [1.165, 1.54) is 0 Å². The number of rotatable bonds is 6. The van der Waals surface area contributed by atoms with Gasteiger partial charge in [-0.25, -0.2) is 4.68 Å². The van der Waals surface area contributed by atoms with Gasteiger partial charge in [-0.05, 0) is 42.7 Å². The molecule has 1 aliphatic heterocycles. The Morgan fingerprint density at radius 2 is 1.62 bits per heavy atom. The number of benzene rings is 2. The molecule has 1 saturated carbocycles. The highest BCUT2D eigenvalue weighted by molar-refractivity contribution is 5.95. The van der Waals surface area contributed by atoms with Crippen LogP contribution in [0, 0.1) is 0 Å². The molecule has 2 aliphatic rings. The topological polar surface area (TPSA) is 84.5 Å². The smallest absolute Gasteiger partial charge is 0.257 e. The predicted molar refractivity (Wildman–Crippen MR) is 122 cm³/mol. The van der Waals surface area contributed by atoms with Crippen LogP contribution in [0.4, 0.5) is 0 Å². The third-order valence-electron chi connectivity index (χ3n) is 6.31. The van der Waals surface area contributed by atoms with Crippen LogP contribution in [0.5, 0.6) is 0 Å². The molecule has 164 valence electrons. The first-order valence-corrected chi connectivity index (χ1v) is 11.1. The highest BCUT2D eigenvalue weighted by atomic mass is 16.2. The Hall–Kier alpha value is -3.45. The molecule has 0 radical (unpaired) electrons. The minimum atomic E-state index is -0.412. The van der Waals surface area contributed by atoms with Crippen molar-refractivity contribution in [2.24, 2.45) is 5.73 Å². The fourth-order valence-corrected chi connectivity index (χ4v) is 4.36. The van der Waals surface area contributed by atoms with Gasteiger partial charge in [0.2, 0.25) is 5.91 Å². The number of aromatic nitrogens is 2. The van der Waals surface area contributed by atoms with Gasteiger partial charge in [0.1, 0.15) is 0 Å². The van der Waals surface area contributed by atoms with E-state index >= 15 is 0 Å². The van der Waals surface area contributed by atoms with E-state index in [0.29, 0.717) is 24.6 Å². The maximum atomic E-state index is 13.4. The van der Waals surface area contributed by atoms with E-state index < -0.39 is 5.91 Å². The van der Waals surface area contributed by atoms with Gasteiger partial charge in [0.05, 0.1) is 23.1 Å². The number of amides is 2. The van der Waals surface area contributed by atoms with E-state index in [9.17, 15) is 9.59 Å². The second kappa shape index (κ2) is 8.59. The van der Waals surface area contributed by atoms with Gasteiger partial charge in [-0.3, -0.25) is 14.5 Å². The molecule has 0 spiro atoms. The van der Waals surface area contributed by atoms with Gasteiger partial charge < -0.3 is 10.6 Å². The summed E-state index contributed by atoms with van der Waals surface area (Å²) in [5.41, 5.74) is 9.77. The molecule has 1 saturated heterocycles. The van der Waals surface area contributed by atoms with E-state index in [2.05, 4.69) is 10.00 Å². The van der Waals surface area contributed by atoms with Gasteiger partial charge in [0.15, 0.2) is 0 Å². The maximum absolute atomic E-state index is 13.4. The molecule has 7 heteroatoms. The predicted octanol–water partition coefficient (Wildman–Crippen LogP) is 2.81. The molecule has 2 amide bonds. The number of primary amides is 1. The van der Waals surface area contributed by atoms with Crippen LogP contribution in [0.2, 0.25) is 0 Å². The highest BCUT2D eigenvalue weighted by Gasteiger charge is 2.34. The number of carbonyl (C=O) groups excluding carboxylic acids is 2. The van der Waals surface area contributed by atoms with Crippen molar-refractivity contribution in [2.45, 2.75) is 25.3 Å². The number of carbonyl (C=O) groups is 2. The van der Waals surface area contributed by atoms with Crippen molar-refractivity contribution >= 4 is 11.8 Å². The van der Waals surface area contributed by atoms with E-state index in [1.54, 1.807) is 18.3 Å². The molecule has 32 heavy (non-hydrogen) atoms. The second-order valence-electron chi connectivity index (χ2n) is 8.59. The number of nitrogens with two attached hydrogens (primary N) is 1. The second-order valence-corrected chi connectivity index (χ2v) is 8.59. The molecule has 1 aromatic heterocycles. The maximum Gasteiger partial charge on any atom is 0.257 e. The van der Waals surface area contributed by atoms with Crippen molar-refractivity contribution in [3.8, 4) is 5.69 Å². The lowest BCUT2D eigenvalue weighted by atomic mass is 10.1. The summed E-state index contributed by atoms with van der Waals surface area (Å²) in [4.78, 5) is 28.9. The van der Waals surface area contributed by atoms with Crippen LogP contribution in [-0.2, 0) is 6.54 Å². The summed E-state index contributed by atoms with van der Waals surface area (Å²) >= 11 is 0. The molecule has 3 aromatic rings. The van der Waals surface area contributed by atoms with E-state index in [4.69, 9.17) is 5.73 Å². The highest BCUT2D eigenvalue weighted by Crippen LogP contribution is 2.42. The van der Waals surface area contributed by atoms with Gasteiger partial charge >= 0.3 is 0 Å². The Kier molecular flexibility index (Phi) is 5.49. The van der Waals surface area contributed by atoms with Crippen molar-refractivity contribution < 1.29 is 9.59 Å². The van der Waals surface area contributed by atoms with Crippen LogP contribution < -0.4 is 5.73 Å². The lowest BCUT2D eigenvalue weighted by Crippen LogP contribution is -2.48. The van der Waals surface area contributed by atoms with Crippen molar-refractivity contribution in [1.29, 1.82) is 0 Å². The molecule has 2 fully saturated rings. The number of hydrogen-bond donors (Lipinski definition) is 1. The zero-order valence-corrected chi connectivity index (χ0v) is 18.0. The SMILES string of the molecule is NC(=O)c1ccc(CN2CCN(C(=O)c3cnn(-c4ccccc4)c3C3CC3)CC2)cc1. The molecule has 5 rings (SSSR count). The summed E-state index contributed by atoms with van der Waals surface area (Å²) in [6, 6.07) is 17.5. The lowest BCUT2D eigenvalue weighted by molar-refractivity contribution is 0.0627. The molecular formula is C25H27N5O2. The van der Waals surface area contributed by atoms with Gasteiger partial charge in [0.25, 0.3) is 5.91 Å². The van der Waals surface area contributed by atoms with Crippen molar-refractivity contribution in [3.05, 3.63) is 83.2 Å². The molecule has 2 N–H and O–H groups in total. The van der Waals surface area contributed by atoms with Crippen molar-refractivity contribution in [3.63, 3.8) is 0 Å². The largest absolute Gasteiger partial charge is 0.366 e. The molecule has 0 atom stereocenters. The summed E-state index contributed by atoms with van der Waals surface area (Å²) in [5.74, 6) is 0.0886. The average molecular weight is 430 g/mol. The van der Waals surface area contributed by atoms with Crippen LogP contribution in [-0.4, -0.2) is 57.6 Å². The molecule has 2 heterocycles. The van der Waals surface area contributed by atoms with Crippen molar-refractivity contribution in [1.82, 2.24) is 19.6 Å². The zero-order chi connectivity index (χ0) is 22.1. The molecule has 0 unspecified atom stereocenters. The Bertz CT molecular complexity index is 1110. The van der Waals surface area contributed by atoms with Crippen LogP contribution in [0.25, 0.3) is 5.69 Å². The first kappa shape index (κ1) is 20.5. The number of nitrogens with zero attached hydrogens (tertiary/aromatic N) is 4. The third-order valence-corrected chi connectivity index (χ3v) is 6.31. The molecule has 2 aromatic carbocycles. The molecule has 1 aliphatic carbocycles. The number of piperazine rings is 1. The van der Waals surface area contributed by atoms with Crippen LogP contribution in [0.1, 0.15) is 50.7 Å². The van der Waals surface area contributed by atoms with Crippen molar-refractivity contribution in [2.75, 3.05) is 26.2 Å². The summed E-state index contributed by atoms with van der Waals surface area (Å²) in [7, 11) is 0. The minimum Gasteiger partial charge on any atom is -0.366 e. The van der Waals surface area contributed by atoms with Gasteiger partial charge in [0, 0.05) is 44.2 Å². The average Bonchev–Trinajstić information content (AvgIpc) is 3.57. The van der Waals surface area contributed by atoms with E-state index in [0.717, 1.165) is 55.0 Å². The Morgan fingerprint density at radius 3 is 2.25 bits per heavy atom. The lowest BCUT2D eigenvalue weighted by Gasteiger charge is -2.34. The summed E-state index contributed by atoms with van der Waals surface area (Å²) in [6.45, 7) is 3.81. The van der Waals surface area contributed by atoms with E-state index in [-0.39, 0.29) is 5.91 Å². The summed E-state index contributed by atoms with van der Waals surface area (Å²) in [6.07, 6.45) is 3.97. The van der Waals surface area contributed by atoms with Gasteiger partial charge in [-0.1, -0.05) is 30.3 Å². The fraction of sp³-hybridized carbons (Fsp3) is 0.320. The Labute approximate surface area is 187 Å². The summed E-state index contributed by atoms with van der Waals surface area (Å²) in [5, 5.41) is 4.58. The monoisotopic (exact) mass is 429 g/mol.